The second-order valence-electron chi connectivity index (χ2n) is 4.16. The normalized spacial score (nSPS) is 10.8. The minimum atomic E-state index is 0.316. The van der Waals surface area contributed by atoms with Gasteiger partial charge in [-0.3, -0.25) is 4.98 Å². The van der Waals surface area contributed by atoms with Gasteiger partial charge in [-0.1, -0.05) is 19.0 Å². The van der Waals surface area contributed by atoms with Crippen LogP contribution >= 0.6 is 0 Å². The zero-order valence-electron chi connectivity index (χ0n) is 10.2. The van der Waals surface area contributed by atoms with Crippen LogP contribution in [0.3, 0.4) is 0 Å². The molecule has 0 atom stereocenters. The minimum Gasteiger partial charge on any atom is -0.468 e. The van der Waals surface area contributed by atoms with E-state index in [1.807, 2.05) is 13.0 Å². The third-order valence-electron chi connectivity index (χ3n) is 2.28. The molecule has 0 saturated heterocycles. The van der Waals surface area contributed by atoms with Crippen molar-refractivity contribution in [2.75, 3.05) is 0 Å². The van der Waals surface area contributed by atoms with Crippen molar-refractivity contribution in [2.24, 2.45) is 0 Å². The number of ether oxygens (including phenoxy) is 1. The largest absolute Gasteiger partial charge is 0.468 e. The van der Waals surface area contributed by atoms with Gasteiger partial charge < -0.3 is 9.26 Å². The Kier molecular flexibility index (Phi) is 3.37. The van der Waals surface area contributed by atoms with Crippen molar-refractivity contribution >= 4 is 0 Å². The molecule has 90 valence electrons. The molecule has 0 bridgehead atoms. The van der Waals surface area contributed by atoms with Crippen LogP contribution in [-0.4, -0.2) is 15.1 Å². The van der Waals surface area contributed by atoms with E-state index < -0.39 is 0 Å². The van der Waals surface area contributed by atoms with Crippen LogP contribution in [0.5, 0.6) is 5.88 Å². The van der Waals surface area contributed by atoms with Crippen LogP contribution in [0.1, 0.15) is 36.9 Å². The van der Waals surface area contributed by atoms with Crippen LogP contribution in [-0.2, 0) is 6.61 Å². The summed E-state index contributed by atoms with van der Waals surface area (Å²) in [7, 11) is 0. The Labute approximate surface area is 99.8 Å². The fourth-order valence-electron chi connectivity index (χ4n) is 1.33. The molecule has 2 aromatic heterocycles. The van der Waals surface area contributed by atoms with Crippen molar-refractivity contribution in [1.82, 2.24) is 15.1 Å². The fraction of sp³-hybridized carbons (Fsp3) is 0.417. The Morgan fingerprint density at radius 2 is 2.12 bits per heavy atom. The van der Waals surface area contributed by atoms with Crippen LogP contribution in [0.4, 0.5) is 0 Å². The van der Waals surface area contributed by atoms with Gasteiger partial charge in [-0.25, -0.2) is 4.98 Å². The van der Waals surface area contributed by atoms with E-state index in [4.69, 9.17) is 9.26 Å². The third-order valence-corrected chi connectivity index (χ3v) is 2.28. The lowest BCUT2D eigenvalue weighted by atomic mass is 10.1. The van der Waals surface area contributed by atoms with Gasteiger partial charge in [-0.15, -0.1) is 0 Å². The number of aryl methyl sites for hydroxylation is 1. The molecule has 0 aromatic carbocycles. The minimum absolute atomic E-state index is 0.316. The SMILES string of the molecule is Cc1cc(COc2cnc(C(C)C)cn2)on1. The molecule has 0 aliphatic heterocycles. The van der Waals surface area contributed by atoms with Gasteiger partial charge in [0, 0.05) is 6.07 Å². The van der Waals surface area contributed by atoms with Crippen molar-refractivity contribution in [2.45, 2.75) is 33.3 Å². The van der Waals surface area contributed by atoms with Crippen molar-refractivity contribution in [3.05, 3.63) is 35.6 Å². The highest BCUT2D eigenvalue weighted by molar-refractivity contribution is 5.10. The van der Waals surface area contributed by atoms with Gasteiger partial charge in [0.1, 0.15) is 0 Å². The molecule has 0 radical (unpaired) electrons. The van der Waals surface area contributed by atoms with E-state index in [2.05, 4.69) is 29.0 Å². The van der Waals surface area contributed by atoms with Crippen molar-refractivity contribution in [3.63, 3.8) is 0 Å². The zero-order valence-corrected chi connectivity index (χ0v) is 10.2. The number of aromatic nitrogens is 3. The zero-order chi connectivity index (χ0) is 12.3. The van der Waals surface area contributed by atoms with Crippen LogP contribution < -0.4 is 4.74 Å². The lowest BCUT2D eigenvalue weighted by Gasteiger charge is -2.05. The number of hydrogen-bond acceptors (Lipinski definition) is 5. The molecule has 2 heterocycles. The molecule has 17 heavy (non-hydrogen) atoms. The third kappa shape index (κ3) is 3.03. The smallest absolute Gasteiger partial charge is 0.232 e. The van der Waals surface area contributed by atoms with Crippen molar-refractivity contribution in [3.8, 4) is 5.88 Å². The van der Waals surface area contributed by atoms with Crippen LogP contribution in [0.2, 0.25) is 0 Å². The van der Waals surface area contributed by atoms with E-state index >= 15 is 0 Å². The lowest BCUT2D eigenvalue weighted by molar-refractivity contribution is 0.240. The molecular weight excluding hydrogens is 218 g/mol. The Morgan fingerprint density at radius 3 is 2.65 bits per heavy atom. The molecule has 5 heteroatoms. The average Bonchev–Trinajstić information content (AvgIpc) is 2.73. The summed E-state index contributed by atoms with van der Waals surface area (Å²) in [5.41, 5.74) is 1.79. The van der Waals surface area contributed by atoms with Crippen LogP contribution in [0.25, 0.3) is 0 Å². The molecular formula is C12H15N3O2. The van der Waals surface area contributed by atoms with E-state index in [0.717, 1.165) is 11.4 Å². The highest BCUT2D eigenvalue weighted by atomic mass is 16.5. The number of nitrogens with zero attached hydrogens (tertiary/aromatic N) is 3. The summed E-state index contributed by atoms with van der Waals surface area (Å²) in [6.07, 6.45) is 3.35. The van der Waals surface area contributed by atoms with Gasteiger partial charge >= 0.3 is 0 Å². The lowest BCUT2D eigenvalue weighted by Crippen LogP contribution is -1.99. The number of rotatable bonds is 4. The van der Waals surface area contributed by atoms with Gasteiger partial charge in [0.15, 0.2) is 12.4 Å². The molecule has 5 nitrogen and oxygen atoms in total. The Bertz CT molecular complexity index is 477. The number of hydrogen-bond donors (Lipinski definition) is 0. The summed E-state index contributed by atoms with van der Waals surface area (Å²) in [6, 6.07) is 1.83. The summed E-state index contributed by atoms with van der Waals surface area (Å²) in [5.74, 6) is 1.54. The first kappa shape index (κ1) is 11.6. The van der Waals surface area contributed by atoms with Gasteiger partial charge in [-0.05, 0) is 12.8 Å². The summed E-state index contributed by atoms with van der Waals surface area (Å²) in [6.45, 7) is 6.32. The van der Waals surface area contributed by atoms with Gasteiger partial charge in [0.25, 0.3) is 0 Å². The predicted octanol–water partition coefficient (Wildman–Crippen LogP) is 2.48. The summed E-state index contributed by atoms with van der Waals surface area (Å²) < 4.78 is 10.5. The Balaban J connectivity index is 1.95. The maximum atomic E-state index is 5.43. The van der Waals surface area contributed by atoms with Gasteiger partial charge in [0.2, 0.25) is 5.88 Å². The highest BCUT2D eigenvalue weighted by Crippen LogP contribution is 2.13. The summed E-state index contributed by atoms with van der Waals surface area (Å²) in [4.78, 5) is 8.44. The first-order valence-corrected chi connectivity index (χ1v) is 5.52. The molecule has 0 amide bonds. The van der Waals surface area contributed by atoms with Gasteiger partial charge in [-0.2, -0.15) is 0 Å². The molecule has 2 rings (SSSR count). The Hall–Kier alpha value is -1.91. The second kappa shape index (κ2) is 4.95. The summed E-state index contributed by atoms with van der Waals surface area (Å²) >= 11 is 0. The first-order chi connectivity index (χ1) is 8.15. The fourth-order valence-corrected chi connectivity index (χ4v) is 1.33. The molecule has 2 aromatic rings. The van der Waals surface area contributed by atoms with Crippen LogP contribution in [0.15, 0.2) is 23.0 Å². The standard InChI is InChI=1S/C12H15N3O2/c1-8(2)11-5-14-12(6-13-11)16-7-10-4-9(3)15-17-10/h4-6,8H,7H2,1-3H3. The topological polar surface area (TPSA) is 61.0 Å². The van der Waals surface area contributed by atoms with E-state index in [-0.39, 0.29) is 0 Å². The van der Waals surface area contributed by atoms with Crippen molar-refractivity contribution in [1.29, 1.82) is 0 Å². The maximum Gasteiger partial charge on any atom is 0.232 e. The molecule has 0 aliphatic carbocycles. The predicted molar refractivity (Wildman–Crippen MR) is 61.7 cm³/mol. The average molecular weight is 233 g/mol. The van der Waals surface area contributed by atoms with E-state index in [1.54, 1.807) is 12.4 Å². The molecule has 0 N–H and O–H groups in total. The summed E-state index contributed by atoms with van der Waals surface area (Å²) in [5, 5.41) is 3.78. The van der Waals surface area contributed by atoms with E-state index in [0.29, 0.717) is 24.2 Å². The molecule has 0 unspecified atom stereocenters. The second-order valence-corrected chi connectivity index (χ2v) is 4.16. The maximum absolute atomic E-state index is 5.43. The van der Waals surface area contributed by atoms with Gasteiger partial charge in [0.05, 0.1) is 23.8 Å². The monoisotopic (exact) mass is 233 g/mol. The molecule has 0 aliphatic rings. The molecule has 0 spiro atoms. The van der Waals surface area contributed by atoms with E-state index in [9.17, 15) is 0 Å². The van der Waals surface area contributed by atoms with E-state index in [1.165, 1.54) is 0 Å². The highest BCUT2D eigenvalue weighted by Gasteiger charge is 2.04. The quantitative estimate of drug-likeness (QED) is 0.811. The Morgan fingerprint density at radius 1 is 1.29 bits per heavy atom. The molecule has 0 saturated carbocycles. The molecule has 0 fully saturated rings. The first-order valence-electron chi connectivity index (χ1n) is 5.52. The van der Waals surface area contributed by atoms with Crippen LogP contribution in [0, 0.1) is 6.92 Å². The van der Waals surface area contributed by atoms with Crippen molar-refractivity contribution < 1.29 is 9.26 Å².